The molecule has 0 heterocycles. The molecule has 1 N–H and O–H groups in total. The van der Waals surface area contributed by atoms with Crippen LogP contribution in [0.3, 0.4) is 0 Å². The van der Waals surface area contributed by atoms with E-state index in [-0.39, 0.29) is 16.7 Å². The number of amides is 1. The summed E-state index contributed by atoms with van der Waals surface area (Å²) in [5.74, 6) is -0.469. The topological polar surface area (TPSA) is 73.9 Å². The van der Waals surface area contributed by atoms with E-state index in [4.69, 9.17) is 25.8 Å². The molecule has 150 valence electrons. The predicted octanol–water partition coefficient (Wildman–Crippen LogP) is 4.63. The third-order valence-corrected chi connectivity index (χ3v) is 4.07. The van der Waals surface area contributed by atoms with Gasteiger partial charge in [-0.15, -0.1) is 0 Å². The van der Waals surface area contributed by atoms with Gasteiger partial charge in [-0.25, -0.2) is 4.79 Å². The molecule has 1 atom stereocenters. The first-order valence-corrected chi connectivity index (χ1v) is 9.21. The molecule has 0 aliphatic carbocycles. The van der Waals surface area contributed by atoms with Crippen LogP contribution in [-0.4, -0.2) is 31.2 Å². The van der Waals surface area contributed by atoms with E-state index in [1.54, 1.807) is 12.1 Å². The Morgan fingerprint density at radius 1 is 1.07 bits per heavy atom. The molecular formula is C21H24ClNO5. The van der Waals surface area contributed by atoms with Crippen LogP contribution in [0.15, 0.2) is 36.4 Å². The number of benzene rings is 2. The molecule has 0 aliphatic rings. The van der Waals surface area contributed by atoms with Crippen molar-refractivity contribution in [3.05, 3.63) is 52.5 Å². The molecule has 6 nitrogen and oxygen atoms in total. The normalized spacial score (nSPS) is 11.7. The van der Waals surface area contributed by atoms with Crippen molar-refractivity contribution in [2.24, 2.45) is 0 Å². The minimum atomic E-state index is -0.995. The fraction of sp³-hybridized carbons (Fsp3) is 0.333. The van der Waals surface area contributed by atoms with Gasteiger partial charge in [0.25, 0.3) is 5.91 Å². The quantitative estimate of drug-likeness (QED) is 0.680. The summed E-state index contributed by atoms with van der Waals surface area (Å²) in [6, 6.07) is 10.2. The van der Waals surface area contributed by atoms with Gasteiger partial charge in [-0.05, 0) is 52.0 Å². The third kappa shape index (κ3) is 5.63. The smallest absolute Gasteiger partial charge is 0.339 e. The number of rotatable bonds is 7. The lowest BCUT2D eigenvalue weighted by molar-refractivity contribution is -0.123. The summed E-state index contributed by atoms with van der Waals surface area (Å²) in [7, 11) is 1.45. The summed E-state index contributed by atoms with van der Waals surface area (Å²) in [5.41, 5.74) is 1.86. The Morgan fingerprint density at radius 2 is 1.71 bits per heavy atom. The molecule has 0 saturated heterocycles. The van der Waals surface area contributed by atoms with E-state index in [0.717, 1.165) is 5.56 Å². The van der Waals surface area contributed by atoms with Crippen molar-refractivity contribution in [3.8, 4) is 11.5 Å². The summed E-state index contributed by atoms with van der Waals surface area (Å²) in [5, 5.41) is 2.92. The van der Waals surface area contributed by atoms with Crippen molar-refractivity contribution >= 4 is 29.2 Å². The number of hydrogen-bond donors (Lipinski definition) is 1. The molecule has 0 bridgehead atoms. The molecule has 0 radical (unpaired) electrons. The number of ether oxygens (including phenoxy) is 3. The number of carbonyl (C=O) groups excluding carboxylic acids is 2. The van der Waals surface area contributed by atoms with Crippen molar-refractivity contribution in [1.82, 2.24) is 0 Å². The number of anilines is 1. The first kappa shape index (κ1) is 21.6. The predicted molar refractivity (Wildman–Crippen MR) is 108 cm³/mol. The van der Waals surface area contributed by atoms with Crippen molar-refractivity contribution in [2.45, 2.75) is 39.9 Å². The Labute approximate surface area is 169 Å². The fourth-order valence-electron chi connectivity index (χ4n) is 2.35. The maximum Gasteiger partial charge on any atom is 0.339 e. The van der Waals surface area contributed by atoms with Crippen LogP contribution in [-0.2, 0) is 9.53 Å². The van der Waals surface area contributed by atoms with Gasteiger partial charge in [0, 0.05) is 5.69 Å². The minimum Gasteiger partial charge on any atom is -0.493 e. The number of methoxy groups -OCH3 is 1. The van der Waals surface area contributed by atoms with Crippen LogP contribution >= 0.6 is 11.6 Å². The van der Waals surface area contributed by atoms with Gasteiger partial charge in [0.05, 0.1) is 23.8 Å². The van der Waals surface area contributed by atoms with Crippen LogP contribution in [0.4, 0.5) is 5.69 Å². The maximum atomic E-state index is 12.5. The largest absolute Gasteiger partial charge is 0.493 e. The van der Waals surface area contributed by atoms with Crippen LogP contribution in [0.1, 0.15) is 36.7 Å². The van der Waals surface area contributed by atoms with Gasteiger partial charge >= 0.3 is 5.97 Å². The molecule has 28 heavy (non-hydrogen) atoms. The second-order valence-corrected chi connectivity index (χ2v) is 6.97. The van der Waals surface area contributed by atoms with Gasteiger partial charge in [0.2, 0.25) is 0 Å². The van der Waals surface area contributed by atoms with Gasteiger partial charge < -0.3 is 19.5 Å². The van der Waals surface area contributed by atoms with E-state index < -0.39 is 18.0 Å². The molecule has 0 aromatic heterocycles. The average molecular weight is 406 g/mol. The van der Waals surface area contributed by atoms with Gasteiger partial charge in [-0.1, -0.05) is 29.3 Å². The molecule has 2 rings (SSSR count). The lowest BCUT2D eigenvalue weighted by atomic mass is 10.2. The SMILES string of the molecule is COc1cc(C(=O)O[C@@H](C)C(=O)Nc2ccc(C)cc2)cc(Cl)c1OC(C)C. The zero-order valence-electron chi connectivity index (χ0n) is 16.5. The number of carbonyl (C=O) groups is 2. The number of esters is 1. The molecule has 0 saturated carbocycles. The second-order valence-electron chi connectivity index (χ2n) is 6.56. The molecule has 2 aromatic carbocycles. The molecule has 0 aliphatic heterocycles. The Morgan fingerprint density at radius 3 is 2.29 bits per heavy atom. The van der Waals surface area contributed by atoms with E-state index in [1.807, 2.05) is 32.9 Å². The highest BCUT2D eigenvalue weighted by Crippen LogP contribution is 2.37. The molecule has 7 heteroatoms. The molecule has 0 unspecified atom stereocenters. The molecule has 0 spiro atoms. The van der Waals surface area contributed by atoms with E-state index >= 15 is 0 Å². The summed E-state index contributed by atoms with van der Waals surface area (Å²) >= 11 is 6.23. The van der Waals surface area contributed by atoms with Crippen molar-refractivity contribution < 1.29 is 23.8 Å². The van der Waals surface area contributed by atoms with Crippen molar-refractivity contribution in [3.63, 3.8) is 0 Å². The number of halogens is 1. The summed E-state index contributed by atoms with van der Waals surface area (Å²) in [4.78, 5) is 24.7. The third-order valence-electron chi connectivity index (χ3n) is 3.79. The van der Waals surface area contributed by atoms with E-state index in [9.17, 15) is 9.59 Å². The molecule has 1 amide bonds. The van der Waals surface area contributed by atoms with Gasteiger partial charge in [0.1, 0.15) is 0 Å². The highest BCUT2D eigenvalue weighted by Gasteiger charge is 2.22. The summed E-state index contributed by atoms with van der Waals surface area (Å²) in [6.07, 6.45) is -1.11. The van der Waals surface area contributed by atoms with Crippen LogP contribution in [0.5, 0.6) is 11.5 Å². The van der Waals surface area contributed by atoms with E-state index in [1.165, 1.54) is 26.2 Å². The summed E-state index contributed by atoms with van der Waals surface area (Å²) < 4.78 is 16.1. The van der Waals surface area contributed by atoms with Crippen LogP contribution in [0.25, 0.3) is 0 Å². The van der Waals surface area contributed by atoms with E-state index in [0.29, 0.717) is 17.2 Å². The molecule has 0 fully saturated rings. The highest BCUT2D eigenvalue weighted by molar-refractivity contribution is 6.32. The standard InChI is InChI=1S/C21H24ClNO5/c1-12(2)27-19-17(22)10-15(11-18(19)26-5)21(25)28-14(4)20(24)23-16-8-6-13(3)7-9-16/h6-12,14H,1-5H3,(H,23,24)/t14-/m0/s1. The van der Waals surface area contributed by atoms with E-state index in [2.05, 4.69) is 5.32 Å². The minimum absolute atomic E-state index is 0.116. The van der Waals surface area contributed by atoms with Crippen molar-refractivity contribution in [1.29, 1.82) is 0 Å². The Hall–Kier alpha value is -2.73. The van der Waals surface area contributed by atoms with Gasteiger partial charge in [-0.3, -0.25) is 4.79 Å². The Balaban J connectivity index is 2.09. The highest BCUT2D eigenvalue weighted by atomic mass is 35.5. The zero-order chi connectivity index (χ0) is 20.8. The first-order chi connectivity index (χ1) is 13.2. The second kappa shape index (κ2) is 9.46. The van der Waals surface area contributed by atoms with Gasteiger partial charge in [0.15, 0.2) is 17.6 Å². The average Bonchev–Trinajstić information content (AvgIpc) is 2.64. The number of hydrogen-bond acceptors (Lipinski definition) is 5. The monoisotopic (exact) mass is 405 g/mol. The Kier molecular flexibility index (Phi) is 7.29. The maximum absolute atomic E-state index is 12.5. The number of nitrogens with one attached hydrogen (secondary N) is 1. The molecular weight excluding hydrogens is 382 g/mol. The van der Waals surface area contributed by atoms with Crippen LogP contribution < -0.4 is 14.8 Å². The van der Waals surface area contributed by atoms with Crippen LogP contribution in [0, 0.1) is 6.92 Å². The first-order valence-electron chi connectivity index (χ1n) is 8.84. The lowest BCUT2D eigenvalue weighted by Gasteiger charge is -2.17. The number of aryl methyl sites for hydroxylation is 1. The molecule has 2 aromatic rings. The Bertz CT molecular complexity index is 849. The van der Waals surface area contributed by atoms with Crippen molar-refractivity contribution in [2.75, 3.05) is 12.4 Å². The fourth-order valence-corrected chi connectivity index (χ4v) is 2.61. The van der Waals surface area contributed by atoms with Gasteiger partial charge in [-0.2, -0.15) is 0 Å². The summed E-state index contributed by atoms with van der Waals surface area (Å²) in [6.45, 7) is 7.15. The zero-order valence-corrected chi connectivity index (χ0v) is 17.3. The van der Waals surface area contributed by atoms with Crippen LogP contribution in [0.2, 0.25) is 5.02 Å². The lowest BCUT2D eigenvalue weighted by Crippen LogP contribution is -2.30.